The molecule has 9 heteroatoms. The zero-order chi connectivity index (χ0) is 22.2. The number of aromatic nitrogens is 2. The molecule has 4 heterocycles. The number of halogens is 1. The van der Waals surface area contributed by atoms with E-state index in [1.807, 2.05) is 12.1 Å². The lowest BCUT2D eigenvalue weighted by molar-refractivity contribution is 0.0701. The van der Waals surface area contributed by atoms with Crippen LogP contribution < -0.4 is 15.2 Å². The molecule has 0 unspecified atom stereocenters. The molecule has 8 nitrogen and oxygen atoms in total. The molecule has 0 radical (unpaired) electrons. The zero-order valence-corrected chi connectivity index (χ0v) is 16.9. The summed E-state index contributed by atoms with van der Waals surface area (Å²) in [5, 5.41) is 12.3. The topological polar surface area (TPSA) is 87.9 Å². The van der Waals surface area contributed by atoms with Gasteiger partial charge in [0, 0.05) is 36.6 Å². The molecule has 3 aromatic rings. The van der Waals surface area contributed by atoms with Gasteiger partial charge in [-0.05, 0) is 30.3 Å². The molecule has 1 atom stereocenters. The molecule has 0 spiro atoms. The van der Waals surface area contributed by atoms with Gasteiger partial charge in [-0.15, -0.1) is 0 Å². The van der Waals surface area contributed by atoms with E-state index in [1.165, 1.54) is 34.0 Å². The molecule has 0 aliphatic carbocycles. The number of hydrogen-bond acceptors (Lipinski definition) is 6. The number of hydrogen-bond donors (Lipinski definition) is 1. The van der Waals surface area contributed by atoms with Gasteiger partial charge in [0.1, 0.15) is 30.9 Å². The molecule has 1 N–H and O–H groups in total. The molecule has 1 aromatic carbocycles. The second-order valence-electron chi connectivity index (χ2n) is 7.45. The van der Waals surface area contributed by atoms with Crippen molar-refractivity contribution in [1.82, 2.24) is 14.6 Å². The van der Waals surface area contributed by atoms with Gasteiger partial charge in [0.05, 0.1) is 5.69 Å². The number of carbonyl (C=O) groups is 1. The van der Waals surface area contributed by atoms with Gasteiger partial charge in [-0.25, -0.2) is 4.39 Å². The Morgan fingerprint density at radius 1 is 1.12 bits per heavy atom. The molecule has 32 heavy (non-hydrogen) atoms. The highest BCUT2D eigenvalue weighted by atomic mass is 19.1. The number of nitrogens with zero attached hydrogens (tertiary/aromatic N) is 4. The molecule has 0 saturated heterocycles. The molecule has 162 valence electrons. The Balaban J connectivity index is 1.80. The monoisotopic (exact) mass is 434 g/mol. The Morgan fingerprint density at radius 3 is 2.81 bits per heavy atom. The molecule has 0 fully saturated rings. The third-order valence-corrected chi connectivity index (χ3v) is 5.50. The van der Waals surface area contributed by atoms with Crippen LogP contribution in [0.1, 0.15) is 27.8 Å². The fraction of sp³-hybridized carbons (Fsp3) is 0.174. The normalized spacial score (nSPS) is 18.8. The second-order valence-corrected chi connectivity index (χ2v) is 7.45. The van der Waals surface area contributed by atoms with Crippen LogP contribution in [0.5, 0.6) is 11.5 Å². The number of amides is 1. The van der Waals surface area contributed by atoms with Gasteiger partial charge >= 0.3 is 0 Å². The number of ether oxygens (including phenoxy) is 1. The first-order chi connectivity index (χ1) is 15.5. The fourth-order valence-corrected chi connectivity index (χ4v) is 4.01. The van der Waals surface area contributed by atoms with E-state index >= 15 is 0 Å². The van der Waals surface area contributed by atoms with Crippen molar-refractivity contribution in [2.24, 2.45) is 0 Å². The van der Waals surface area contributed by atoms with Crippen LogP contribution in [0, 0.1) is 5.82 Å². The van der Waals surface area contributed by atoms with Crippen LogP contribution >= 0.6 is 0 Å². The van der Waals surface area contributed by atoms with Gasteiger partial charge in [-0.1, -0.05) is 12.1 Å². The molecule has 5 rings (SSSR count). The minimum Gasteiger partial charge on any atom is -0.502 e. The van der Waals surface area contributed by atoms with Crippen molar-refractivity contribution in [2.45, 2.75) is 6.04 Å². The Labute approximate surface area is 182 Å². The van der Waals surface area contributed by atoms with E-state index in [-0.39, 0.29) is 25.5 Å². The highest BCUT2D eigenvalue weighted by molar-refractivity contribution is 5.96. The first kappa shape index (κ1) is 19.8. The first-order valence-electron chi connectivity index (χ1n) is 10.0. The van der Waals surface area contributed by atoms with Gasteiger partial charge in [0.2, 0.25) is 5.43 Å². The van der Waals surface area contributed by atoms with E-state index in [2.05, 4.69) is 4.98 Å². The van der Waals surface area contributed by atoms with Crippen LogP contribution in [0.2, 0.25) is 0 Å². The van der Waals surface area contributed by atoms with Crippen LogP contribution in [0.15, 0.2) is 71.8 Å². The Morgan fingerprint density at radius 2 is 2.00 bits per heavy atom. The lowest BCUT2D eigenvalue weighted by Crippen LogP contribution is -2.55. The number of benzene rings is 1. The number of pyridine rings is 2. The molecular weight excluding hydrogens is 415 g/mol. The minimum absolute atomic E-state index is 0.135. The standard InChI is InChI=1S/C23H19FN4O4/c24-15-6-7-16-19(13-15)32-12-4-3-10-26-14-28(20(16)17-5-1-2-9-25-17)27-11-8-18(29)22(30)21(27)23(26)31/h1-9,11,13,20,30H,10,12,14H2/b4-3-/t20-/m1/s1. The van der Waals surface area contributed by atoms with Crippen molar-refractivity contribution in [3.8, 4) is 11.5 Å². The van der Waals surface area contributed by atoms with Crippen LogP contribution in [0.3, 0.4) is 0 Å². The van der Waals surface area contributed by atoms with Crippen LogP contribution in [-0.4, -0.2) is 45.4 Å². The number of carbonyl (C=O) groups excluding carboxylic acids is 1. The summed E-state index contributed by atoms with van der Waals surface area (Å²) in [6.45, 7) is 0.556. The average molecular weight is 434 g/mol. The van der Waals surface area contributed by atoms with Crippen molar-refractivity contribution < 1.29 is 19.0 Å². The maximum Gasteiger partial charge on any atom is 0.278 e. The molecule has 2 aliphatic heterocycles. The first-order valence-corrected chi connectivity index (χ1v) is 10.0. The summed E-state index contributed by atoms with van der Waals surface area (Å²) in [5.41, 5.74) is 0.460. The van der Waals surface area contributed by atoms with Crippen molar-refractivity contribution in [3.63, 3.8) is 0 Å². The van der Waals surface area contributed by atoms with E-state index in [9.17, 15) is 19.1 Å². The third-order valence-electron chi connectivity index (χ3n) is 5.50. The summed E-state index contributed by atoms with van der Waals surface area (Å²) in [5.74, 6) is -1.20. The van der Waals surface area contributed by atoms with Crippen molar-refractivity contribution in [2.75, 3.05) is 24.8 Å². The second kappa shape index (κ2) is 7.84. The van der Waals surface area contributed by atoms with Gasteiger partial charge < -0.3 is 14.7 Å². The molecule has 0 saturated carbocycles. The molecular formula is C23H19FN4O4. The highest BCUT2D eigenvalue weighted by Crippen LogP contribution is 2.36. The molecule has 2 aliphatic rings. The number of aromatic hydroxyl groups is 1. The van der Waals surface area contributed by atoms with Crippen molar-refractivity contribution in [1.29, 1.82) is 0 Å². The molecule has 2 aromatic heterocycles. The number of rotatable bonds is 1. The maximum absolute atomic E-state index is 14.1. The fourth-order valence-electron chi connectivity index (χ4n) is 4.01. The maximum atomic E-state index is 14.1. The van der Waals surface area contributed by atoms with Gasteiger partial charge in [0.25, 0.3) is 5.91 Å². The summed E-state index contributed by atoms with van der Waals surface area (Å²) >= 11 is 0. The predicted octanol–water partition coefficient (Wildman–Crippen LogP) is 2.18. The Bertz CT molecular complexity index is 1270. The molecule has 2 bridgehead atoms. The number of fused-ring (bicyclic) bond motifs is 5. The summed E-state index contributed by atoms with van der Waals surface area (Å²) in [6, 6.07) is 10.3. The predicted molar refractivity (Wildman–Crippen MR) is 114 cm³/mol. The quantitative estimate of drug-likeness (QED) is 0.591. The average Bonchev–Trinajstić information content (AvgIpc) is 2.82. The smallest absolute Gasteiger partial charge is 0.278 e. The SMILES string of the molecule is O=C1c2c(O)c(=O)ccn2N2CN1C/C=C\COc1cc(F)ccc1[C@@H]2c1ccccn1. The molecule has 1 amide bonds. The van der Waals surface area contributed by atoms with Gasteiger partial charge in [-0.2, -0.15) is 0 Å². The highest BCUT2D eigenvalue weighted by Gasteiger charge is 2.37. The van der Waals surface area contributed by atoms with E-state index in [1.54, 1.807) is 35.5 Å². The largest absolute Gasteiger partial charge is 0.502 e. The Kier molecular flexibility index (Phi) is 4.85. The lowest BCUT2D eigenvalue weighted by Gasteiger charge is -2.43. The van der Waals surface area contributed by atoms with Crippen molar-refractivity contribution in [3.05, 3.63) is 100 Å². The van der Waals surface area contributed by atoms with Crippen LogP contribution in [-0.2, 0) is 0 Å². The summed E-state index contributed by atoms with van der Waals surface area (Å²) in [6.07, 6.45) is 6.58. The van der Waals surface area contributed by atoms with Gasteiger partial charge in [-0.3, -0.25) is 24.3 Å². The summed E-state index contributed by atoms with van der Waals surface area (Å²) < 4.78 is 21.4. The summed E-state index contributed by atoms with van der Waals surface area (Å²) in [7, 11) is 0. The van der Waals surface area contributed by atoms with Gasteiger partial charge in [0.15, 0.2) is 11.4 Å². The third kappa shape index (κ3) is 3.27. The van der Waals surface area contributed by atoms with E-state index in [0.717, 1.165) is 0 Å². The Hall–Kier alpha value is -4.14. The van der Waals surface area contributed by atoms with E-state index < -0.39 is 28.9 Å². The van der Waals surface area contributed by atoms with Crippen LogP contribution in [0.25, 0.3) is 0 Å². The summed E-state index contributed by atoms with van der Waals surface area (Å²) in [4.78, 5) is 31.3. The van der Waals surface area contributed by atoms with E-state index in [0.29, 0.717) is 17.0 Å². The van der Waals surface area contributed by atoms with Crippen LogP contribution in [0.4, 0.5) is 4.39 Å². The van der Waals surface area contributed by atoms with Crippen molar-refractivity contribution >= 4 is 5.91 Å². The lowest BCUT2D eigenvalue weighted by atomic mass is 10.0. The zero-order valence-electron chi connectivity index (χ0n) is 16.9. The minimum atomic E-state index is -0.647. The van der Waals surface area contributed by atoms with E-state index in [4.69, 9.17) is 4.74 Å².